The zero-order valence-corrected chi connectivity index (χ0v) is 14.7. The summed E-state index contributed by atoms with van der Waals surface area (Å²) in [5.41, 5.74) is 2.15. The molecule has 0 fully saturated rings. The molecule has 0 saturated carbocycles. The number of rotatable bonds is 6. The predicted octanol–water partition coefficient (Wildman–Crippen LogP) is 2.47. The molecule has 2 rings (SSSR count). The van der Waals surface area contributed by atoms with Crippen LogP contribution in [0.15, 0.2) is 18.2 Å². The Bertz CT molecular complexity index is 789. The van der Waals surface area contributed by atoms with Crippen molar-refractivity contribution in [3.8, 4) is 0 Å². The summed E-state index contributed by atoms with van der Waals surface area (Å²) >= 11 is 0. The van der Waals surface area contributed by atoms with Crippen LogP contribution in [0.25, 0.3) is 10.9 Å². The number of ether oxygens (including phenoxy) is 3. The first-order chi connectivity index (χ1) is 11.9. The van der Waals surface area contributed by atoms with Gasteiger partial charge in [0.25, 0.3) is 0 Å². The predicted molar refractivity (Wildman–Crippen MR) is 90.4 cm³/mol. The van der Waals surface area contributed by atoms with Crippen molar-refractivity contribution in [1.29, 1.82) is 0 Å². The summed E-state index contributed by atoms with van der Waals surface area (Å²) in [4.78, 5) is 39.4. The second-order valence-electron chi connectivity index (χ2n) is 5.35. The van der Waals surface area contributed by atoms with E-state index in [1.54, 1.807) is 39.0 Å². The monoisotopic (exact) mass is 347 g/mol. The third-order valence-electron chi connectivity index (χ3n) is 3.85. The lowest BCUT2D eigenvalue weighted by atomic mass is 10.0. The molecule has 0 aliphatic carbocycles. The van der Waals surface area contributed by atoms with Gasteiger partial charge < -0.3 is 19.2 Å². The van der Waals surface area contributed by atoms with E-state index < -0.39 is 23.8 Å². The Labute approximate surface area is 145 Å². The van der Waals surface area contributed by atoms with Crippen LogP contribution in [0, 0.1) is 6.92 Å². The van der Waals surface area contributed by atoms with Gasteiger partial charge in [0, 0.05) is 16.6 Å². The summed E-state index contributed by atoms with van der Waals surface area (Å²) in [6.07, 6.45) is 0. The van der Waals surface area contributed by atoms with E-state index in [4.69, 9.17) is 14.2 Å². The summed E-state index contributed by atoms with van der Waals surface area (Å²) < 4.78 is 14.8. The number of nitrogens with one attached hydrogen (secondary N) is 1. The highest BCUT2D eigenvalue weighted by atomic mass is 16.6. The maximum Gasteiger partial charge on any atom is 0.337 e. The Balaban J connectivity index is 2.55. The largest absolute Gasteiger partial charge is 0.465 e. The summed E-state index contributed by atoms with van der Waals surface area (Å²) in [7, 11) is 1.31. The number of hydrogen-bond acceptors (Lipinski definition) is 6. The molecule has 0 spiro atoms. The third kappa shape index (κ3) is 3.65. The Hall–Kier alpha value is -2.83. The average Bonchev–Trinajstić information content (AvgIpc) is 2.91. The number of aryl methyl sites for hydroxylation is 1. The molecule has 0 unspecified atom stereocenters. The minimum absolute atomic E-state index is 0.153. The van der Waals surface area contributed by atoms with E-state index in [9.17, 15) is 14.4 Å². The Kier molecular flexibility index (Phi) is 5.80. The molecule has 1 N–H and O–H groups in total. The maximum atomic E-state index is 12.3. The van der Waals surface area contributed by atoms with E-state index >= 15 is 0 Å². The second kappa shape index (κ2) is 7.83. The number of aromatic nitrogens is 1. The highest BCUT2D eigenvalue weighted by Gasteiger charge is 2.34. The van der Waals surface area contributed by atoms with Gasteiger partial charge in [0.15, 0.2) is 5.92 Å². The molecule has 7 nitrogen and oxygen atoms in total. The van der Waals surface area contributed by atoms with Crippen molar-refractivity contribution in [3.63, 3.8) is 0 Å². The highest BCUT2D eigenvalue weighted by molar-refractivity contribution is 6.03. The van der Waals surface area contributed by atoms with Crippen molar-refractivity contribution >= 4 is 28.8 Å². The molecule has 0 bridgehead atoms. The first-order valence-corrected chi connectivity index (χ1v) is 7.98. The van der Waals surface area contributed by atoms with Crippen LogP contribution in [0.3, 0.4) is 0 Å². The lowest BCUT2D eigenvalue weighted by molar-refractivity contribution is -0.157. The Morgan fingerprint density at radius 1 is 1.08 bits per heavy atom. The number of carbonyl (C=O) groups excluding carboxylic acids is 3. The van der Waals surface area contributed by atoms with Gasteiger partial charge in [0.1, 0.15) is 0 Å². The minimum Gasteiger partial charge on any atom is -0.465 e. The van der Waals surface area contributed by atoms with Crippen molar-refractivity contribution in [2.24, 2.45) is 0 Å². The maximum absolute atomic E-state index is 12.3. The van der Waals surface area contributed by atoms with Crippen LogP contribution < -0.4 is 0 Å². The normalized spacial score (nSPS) is 10.8. The molecular formula is C18H21NO6. The molecule has 1 aromatic carbocycles. The van der Waals surface area contributed by atoms with E-state index in [1.165, 1.54) is 7.11 Å². The van der Waals surface area contributed by atoms with Crippen molar-refractivity contribution in [2.45, 2.75) is 26.7 Å². The molecule has 1 aromatic heterocycles. The smallest absolute Gasteiger partial charge is 0.337 e. The van der Waals surface area contributed by atoms with Crippen LogP contribution in [0.5, 0.6) is 0 Å². The quantitative estimate of drug-likeness (QED) is 0.490. The number of esters is 3. The topological polar surface area (TPSA) is 94.7 Å². The van der Waals surface area contributed by atoms with Crippen molar-refractivity contribution in [3.05, 3.63) is 35.0 Å². The zero-order valence-electron chi connectivity index (χ0n) is 14.7. The lowest BCUT2D eigenvalue weighted by Gasteiger charge is -2.14. The van der Waals surface area contributed by atoms with Crippen LogP contribution in [0.4, 0.5) is 0 Å². The lowest BCUT2D eigenvalue weighted by Crippen LogP contribution is -2.27. The number of fused-ring (bicyclic) bond motifs is 1. The van der Waals surface area contributed by atoms with Gasteiger partial charge in [0.05, 0.1) is 25.9 Å². The summed E-state index contributed by atoms with van der Waals surface area (Å²) in [5.74, 6) is -3.02. The number of hydrogen-bond donors (Lipinski definition) is 1. The van der Waals surface area contributed by atoms with Gasteiger partial charge in [-0.2, -0.15) is 0 Å². The van der Waals surface area contributed by atoms with Crippen molar-refractivity contribution < 1.29 is 28.6 Å². The fourth-order valence-corrected chi connectivity index (χ4v) is 2.66. The van der Waals surface area contributed by atoms with Gasteiger partial charge in [-0.05, 0) is 44.5 Å². The molecule has 0 aliphatic rings. The van der Waals surface area contributed by atoms with Gasteiger partial charge in [-0.3, -0.25) is 9.59 Å². The van der Waals surface area contributed by atoms with Crippen LogP contribution in [0.2, 0.25) is 0 Å². The molecular weight excluding hydrogens is 326 g/mol. The van der Waals surface area contributed by atoms with Gasteiger partial charge in [-0.1, -0.05) is 0 Å². The number of benzene rings is 1. The Morgan fingerprint density at radius 3 is 2.20 bits per heavy atom. The number of methoxy groups -OCH3 is 1. The zero-order chi connectivity index (χ0) is 18.6. The van der Waals surface area contributed by atoms with Crippen molar-refractivity contribution in [1.82, 2.24) is 4.98 Å². The molecule has 0 saturated heterocycles. The number of carbonyl (C=O) groups is 3. The van der Waals surface area contributed by atoms with Crippen LogP contribution in [-0.4, -0.2) is 43.2 Å². The molecule has 0 amide bonds. The van der Waals surface area contributed by atoms with Crippen LogP contribution >= 0.6 is 0 Å². The van der Waals surface area contributed by atoms with E-state index in [0.717, 1.165) is 5.39 Å². The number of H-pyrrole nitrogens is 1. The van der Waals surface area contributed by atoms with Crippen molar-refractivity contribution in [2.75, 3.05) is 20.3 Å². The van der Waals surface area contributed by atoms with Gasteiger partial charge in [-0.15, -0.1) is 0 Å². The summed E-state index contributed by atoms with van der Waals surface area (Å²) in [6, 6.07) is 4.97. The summed E-state index contributed by atoms with van der Waals surface area (Å²) in [6.45, 7) is 5.41. The van der Waals surface area contributed by atoms with Gasteiger partial charge in [-0.25, -0.2) is 4.79 Å². The van der Waals surface area contributed by atoms with Gasteiger partial charge in [0.2, 0.25) is 0 Å². The van der Waals surface area contributed by atoms with E-state index in [0.29, 0.717) is 22.3 Å². The van der Waals surface area contributed by atoms with Crippen LogP contribution in [-0.2, 0) is 23.8 Å². The van der Waals surface area contributed by atoms with E-state index in [1.807, 2.05) is 0 Å². The minimum atomic E-state index is -1.20. The molecule has 7 heteroatoms. The summed E-state index contributed by atoms with van der Waals surface area (Å²) in [5, 5.41) is 0.719. The Morgan fingerprint density at radius 2 is 1.68 bits per heavy atom. The fourth-order valence-electron chi connectivity index (χ4n) is 2.66. The first kappa shape index (κ1) is 18.5. The second-order valence-corrected chi connectivity index (χ2v) is 5.35. The van der Waals surface area contributed by atoms with Crippen LogP contribution in [0.1, 0.15) is 41.4 Å². The first-order valence-electron chi connectivity index (χ1n) is 7.98. The van der Waals surface area contributed by atoms with E-state index in [2.05, 4.69) is 4.98 Å². The molecule has 1 heterocycles. The SMILES string of the molecule is CCOC(=O)C(C(=O)OCC)c1[nH]c2ccc(C(=O)OC)cc2c1C. The fraction of sp³-hybridized carbons (Fsp3) is 0.389. The van der Waals surface area contributed by atoms with E-state index in [-0.39, 0.29) is 13.2 Å². The molecule has 134 valence electrons. The molecule has 25 heavy (non-hydrogen) atoms. The molecule has 0 aliphatic heterocycles. The molecule has 0 radical (unpaired) electrons. The average molecular weight is 347 g/mol. The number of aromatic amines is 1. The standard InChI is InChI=1S/C18H21NO6/c1-5-24-17(21)14(18(22)25-6-2)15-10(3)12-9-11(16(20)23-4)7-8-13(12)19-15/h7-9,14,19H,5-6H2,1-4H3. The van der Waals surface area contributed by atoms with Gasteiger partial charge >= 0.3 is 17.9 Å². The molecule has 0 atom stereocenters. The molecule has 2 aromatic rings. The third-order valence-corrected chi connectivity index (χ3v) is 3.85. The highest BCUT2D eigenvalue weighted by Crippen LogP contribution is 2.30.